The van der Waals surface area contributed by atoms with Gasteiger partial charge in [0, 0.05) is 29.1 Å². The van der Waals surface area contributed by atoms with Crippen LogP contribution in [-0.4, -0.2) is 24.0 Å². The second kappa shape index (κ2) is 7.51. The van der Waals surface area contributed by atoms with Crippen LogP contribution in [0.4, 0.5) is 5.69 Å². The van der Waals surface area contributed by atoms with Crippen molar-refractivity contribution in [3.05, 3.63) is 76.9 Å². The van der Waals surface area contributed by atoms with Crippen molar-refractivity contribution in [3.8, 4) is 0 Å². The summed E-state index contributed by atoms with van der Waals surface area (Å²) in [5.41, 5.74) is 10.8. The highest BCUT2D eigenvalue weighted by Gasteiger charge is 2.20. The normalized spacial score (nSPS) is 13.1. The van der Waals surface area contributed by atoms with Crippen LogP contribution in [0.25, 0.3) is 10.8 Å². The third kappa shape index (κ3) is 3.51. The number of aliphatic imine (C=N–C) groups is 1. The summed E-state index contributed by atoms with van der Waals surface area (Å²) in [5, 5.41) is 12.6. The molecule has 1 aliphatic heterocycles. The lowest BCUT2D eigenvalue weighted by Crippen LogP contribution is -2.22. The van der Waals surface area contributed by atoms with Gasteiger partial charge in [0.1, 0.15) is 5.84 Å². The van der Waals surface area contributed by atoms with Gasteiger partial charge in [-0.1, -0.05) is 50.2 Å². The van der Waals surface area contributed by atoms with Gasteiger partial charge in [0.2, 0.25) is 0 Å². The Balaban J connectivity index is 1.75. The molecule has 0 unspecified atom stereocenters. The summed E-state index contributed by atoms with van der Waals surface area (Å²) in [6, 6.07) is 17.2. The van der Waals surface area contributed by atoms with E-state index >= 15 is 0 Å². The highest BCUT2D eigenvalue weighted by molar-refractivity contribution is 6.19. The number of nitrogens with zero attached hydrogens (tertiary/aromatic N) is 1. The van der Waals surface area contributed by atoms with Crippen molar-refractivity contribution in [2.75, 3.05) is 11.9 Å². The van der Waals surface area contributed by atoms with Gasteiger partial charge in [-0.05, 0) is 46.9 Å². The zero-order valence-corrected chi connectivity index (χ0v) is 16.6. The van der Waals surface area contributed by atoms with E-state index in [9.17, 15) is 4.79 Å². The Kier molecular flexibility index (Phi) is 4.89. The topological polar surface area (TPSA) is 91.3 Å². The minimum atomic E-state index is -0.272. The molecule has 3 aromatic rings. The Labute approximate surface area is 170 Å². The van der Waals surface area contributed by atoms with Crippen LogP contribution in [0, 0.1) is 11.3 Å². The molecule has 0 fully saturated rings. The molecule has 5 nitrogen and oxygen atoms in total. The predicted molar refractivity (Wildman–Crippen MR) is 119 cm³/mol. The van der Waals surface area contributed by atoms with E-state index in [1.54, 1.807) is 6.07 Å². The van der Waals surface area contributed by atoms with Crippen LogP contribution in [-0.2, 0) is 6.42 Å². The molecule has 0 saturated carbocycles. The van der Waals surface area contributed by atoms with E-state index in [1.165, 1.54) is 5.56 Å². The number of anilines is 1. The van der Waals surface area contributed by atoms with Crippen molar-refractivity contribution in [1.29, 1.82) is 5.41 Å². The number of carbonyl (C=O) groups is 1. The number of fused-ring (bicyclic) bond motifs is 2. The summed E-state index contributed by atoms with van der Waals surface area (Å²) in [4.78, 5) is 17.9. The fourth-order valence-corrected chi connectivity index (χ4v) is 3.92. The highest BCUT2D eigenvalue weighted by Crippen LogP contribution is 2.26. The molecule has 0 bridgehead atoms. The number of nitrogens with two attached hydrogens (primary N) is 1. The van der Waals surface area contributed by atoms with Crippen LogP contribution in [0.1, 0.15) is 40.9 Å². The Morgan fingerprint density at radius 3 is 2.69 bits per heavy atom. The lowest BCUT2D eigenvalue weighted by molar-refractivity contribution is 0.102. The number of benzene rings is 3. The molecule has 5 heteroatoms. The summed E-state index contributed by atoms with van der Waals surface area (Å²) in [5.74, 6) is -0.0752. The lowest BCUT2D eigenvalue weighted by atomic mass is 9.91. The van der Waals surface area contributed by atoms with E-state index in [-0.39, 0.29) is 11.7 Å². The van der Waals surface area contributed by atoms with E-state index in [4.69, 9.17) is 11.1 Å². The lowest BCUT2D eigenvalue weighted by Gasteiger charge is -2.21. The van der Waals surface area contributed by atoms with Crippen LogP contribution < -0.4 is 11.1 Å². The van der Waals surface area contributed by atoms with Gasteiger partial charge in [-0.2, -0.15) is 0 Å². The zero-order chi connectivity index (χ0) is 20.5. The van der Waals surface area contributed by atoms with Crippen LogP contribution in [0.5, 0.6) is 0 Å². The van der Waals surface area contributed by atoms with Crippen molar-refractivity contribution in [3.63, 3.8) is 0 Å². The van der Waals surface area contributed by atoms with Crippen molar-refractivity contribution < 1.29 is 4.79 Å². The molecule has 4 rings (SSSR count). The molecule has 0 radical (unpaired) electrons. The van der Waals surface area contributed by atoms with Gasteiger partial charge in [-0.25, -0.2) is 0 Å². The Bertz CT molecular complexity index is 1160. The molecule has 0 aromatic heterocycles. The van der Waals surface area contributed by atoms with Gasteiger partial charge in [0.05, 0.1) is 5.56 Å². The van der Waals surface area contributed by atoms with E-state index < -0.39 is 0 Å². The van der Waals surface area contributed by atoms with E-state index in [0.717, 1.165) is 35.0 Å². The Hall–Kier alpha value is -3.47. The van der Waals surface area contributed by atoms with Gasteiger partial charge in [-0.15, -0.1) is 0 Å². The number of carbonyl (C=O) groups excluding carboxylic acids is 1. The second-order valence-corrected chi connectivity index (χ2v) is 7.62. The molecule has 0 saturated heterocycles. The molecule has 146 valence electrons. The summed E-state index contributed by atoms with van der Waals surface area (Å²) in [6.45, 7) is 5.08. The standard InChI is InChI=1S/C24H24N4O/c1-14(2)22-20-13-17(9-7-16(20)11-12-27-22)28-24(29)21-18-6-4-3-5-15(18)8-10-19(21)23(25)26/h3-10,13-14H,11-12H2,1-2H3,(H3,25,26)(H,28,29). The maximum Gasteiger partial charge on any atom is 0.257 e. The first kappa shape index (κ1) is 18.9. The minimum Gasteiger partial charge on any atom is -0.384 e. The average molecular weight is 384 g/mol. The SMILES string of the molecule is CC(C)C1=NCCc2ccc(NC(=O)c3c(C(=N)N)ccc4ccccc34)cc21. The number of hydrogen-bond donors (Lipinski definition) is 3. The molecule has 0 atom stereocenters. The van der Waals surface area contributed by atoms with Gasteiger partial charge in [0.15, 0.2) is 0 Å². The molecule has 0 aliphatic carbocycles. The zero-order valence-electron chi connectivity index (χ0n) is 16.6. The number of amides is 1. The number of amidine groups is 1. The van der Waals surface area contributed by atoms with E-state index in [2.05, 4.69) is 30.2 Å². The first-order valence-electron chi connectivity index (χ1n) is 9.81. The van der Waals surface area contributed by atoms with Crippen LogP contribution in [0.2, 0.25) is 0 Å². The number of nitrogens with one attached hydrogen (secondary N) is 2. The van der Waals surface area contributed by atoms with Crippen LogP contribution in [0.3, 0.4) is 0 Å². The largest absolute Gasteiger partial charge is 0.384 e. The first-order chi connectivity index (χ1) is 14.0. The second-order valence-electron chi connectivity index (χ2n) is 7.62. The summed E-state index contributed by atoms with van der Waals surface area (Å²) >= 11 is 0. The van der Waals surface area contributed by atoms with Crippen molar-refractivity contribution in [1.82, 2.24) is 0 Å². The van der Waals surface area contributed by atoms with Gasteiger partial charge in [0.25, 0.3) is 5.91 Å². The maximum atomic E-state index is 13.2. The van der Waals surface area contributed by atoms with Gasteiger partial charge in [-0.3, -0.25) is 15.2 Å². The Morgan fingerprint density at radius 1 is 1.14 bits per heavy atom. The maximum absolute atomic E-state index is 13.2. The minimum absolute atomic E-state index is 0.124. The molecule has 29 heavy (non-hydrogen) atoms. The number of rotatable bonds is 4. The first-order valence-corrected chi connectivity index (χ1v) is 9.81. The molecular formula is C24H24N4O. The van der Waals surface area contributed by atoms with E-state index in [1.807, 2.05) is 42.5 Å². The summed E-state index contributed by atoms with van der Waals surface area (Å²) in [7, 11) is 0. The molecule has 3 aromatic carbocycles. The average Bonchev–Trinajstić information content (AvgIpc) is 2.72. The number of nitrogen functional groups attached to an aromatic ring is 1. The van der Waals surface area contributed by atoms with Crippen molar-refractivity contribution >= 4 is 33.9 Å². The Morgan fingerprint density at radius 2 is 1.93 bits per heavy atom. The molecule has 4 N–H and O–H groups in total. The quantitative estimate of drug-likeness (QED) is 0.460. The van der Waals surface area contributed by atoms with Crippen molar-refractivity contribution in [2.24, 2.45) is 16.6 Å². The fourth-order valence-electron chi connectivity index (χ4n) is 3.92. The molecule has 1 amide bonds. The summed E-state index contributed by atoms with van der Waals surface area (Å²) < 4.78 is 0. The van der Waals surface area contributed by atoms with E-state index in [0.29, 0.717) is 22.7 Å². The van der Waals surface area contributed by atoms with Crippen LogP contribution >= 0.6 is 0 Å². The molecule has 1 aliphatic rings. The molecule has 0 spiro atoms. The summed E-state index contributed by atoms with van der Waals surface area (Å²) in [6.07, 6.45) is 0.914. The molecule has 1 heterocycles. The van der Waals surface area contributed by atoms with Gasteiger partial charge >= 0.3 is 0 Å². The predicted octanol–water partition coefficient (Wildman–Crippen LogP) is 4.38. The third-order valence-corrected chi connectivity index (χ3v) is 5.30. The monoisotopic (exact) mass is 384 g/mol. The smallest absolute Gasteiger partial charge is 0.257 e. The fraction of sp³-hybridized carbons (Fsp3) is 0.208. The number of hydrogen-bond acceptors (Lipinski definition) is 3. The van der Waals surface area contributed by atoms with Crippen LogP contribution in [0.15, 0.2) is 59.6 Å². The third-order valence-electron chi connectivity index (χ3n) is 5.30. The highest BCUT2D eigenvalue weighted by atomic mass is 16.1. The van der Waals surface area contributed by atoms with Gasteiger partial charge < -0.3 is 11.1 Å². The van der Waals surface area contributed by atoms with Crippen molar-refractivity contribution in [2.45, 2.75) is 20.3 Å². The molecular weight excluding hydrogens is 360 g/mol.